The van der Waals surface area contributed by atoms with Crippen molar-refractivity contribution in [3.63, 3.8) is 0 Å². The maximum absolute atomic E-state index is 13.1. The number of halogens is 3. The molecule has 3 fully saturated rings. The molecule has 3 saturated carbocycles. The molecule has 0 spiro atoms. The number of pyridine rings is 3. The molecule has 564 valence electrons. The molecule has 3 aliphatic carbocycles. The molecule has 3 aromatic heterocycles. The van der Waals surface area contributed by atoms with Gasteiger partial charge in [0.05, 0.1) is 59.2 Å². The lowest BCUT2D eigenvalue weighted by Gasteiger charge is -2.16. The van der Waals surface area contributed by atoms with Crippen molar-refractivity contribution in [2.75, 3.05) is 74.6 Å². The number of rotatable bonds is 24. The summed E-state index contributed by atoms with van der Waals surface area (Å²) in [4.78, 5) is 90.2. The number of hydrogen-bond donors (Lipinski definition) is 6. The highest BCUT2D eigenvalue weighted by molar-refractivity contribution is 6.19. The van der Waals surface area contributed by atoms with Gasteiger partial charge in [-0.3, -0.25) is 43.7 Å². The lowest BCUT2D eigenvalue weighted by molar-refractivity contribution is -0.132. The summed E-state index contributed by atoms with van der Waals surface area (Å²) < 4.78 is 89.8. The highest BCUT2D eigenvalue weighted by atomic mass is 19.1. The number of hydrogen-bond acceptors (Lipinski definition) is 18. The van der Waals surface area contributed by atoms with E-state index in [1.165, 1.54) is 72.8 Å². The van der Waals surface area contributed by atoms with Crippen molar-refractivity contribution in [3.8, 4) is 69.0 Å². The number of carbonyl (C=O) groups excluding carboxylic acids is 6. The standard InChI is InChI=1S/3C28H24FN3O5/c3*1-35-24-15-21-22(16-25(24)36-2)30-14-11-23(21)37-20-9-7-19(8-10-20)32-27(34)28(12-13-28)26(33)31-18-5-3-17(29)4-6-18/h3*3-11,14-16H,12-13H2,1-2H3,(H,31,33)(H,32,34). The molecule has 12 aromatic rings. The largest absolute Gasteiger partial charge is 0.493 e. The van der Waals surface area contributed by atoms with Gasteiger partial charge in [-0.1, -0.05) is 0 Å². The molecular formula is C84H72F3N9O15. The first-order valence-corrected chi connectivity index (χ1v) is 34.8. The van der Waals surface area contributed by atoms with Crippen molar-refractivity contribution in [2.24, 2.45) is 16.2 Å². The van der Waals surface area contributed by atoms with Crippen molar-refractivity contribution in [1.29, 1.82) is 0 Å². The third-order valence-corrected chi connectivity index (χ3v) is 18.8. The Balaban J connectivity index is 0.000000146. The molecule has 111 heavy (non-hydrogen) atoms. The van der Waals surface area contributed by atoms with E-state index >= 15 is 0 Å². The molecule has 24 nitrogen and oxygen atoms in total. The lowest BCUT2D eigenvalue weighted by Crippen LogP contribution is -2.35. The zero-order valence-electron chi connectivity index (χ0n) is 60.6. The summed E-state index contributed by atoms with van der Waals surface area (Å²) in [7, 11) is 9.37. The third kappa shape index (κ3) is 17.1. The van der Waals surface area contributed by atoms with E-state index in [9.17, 15) is 41.9 Å². The fourth-order valence-corrected chi connectivity index (χ4v) is 12.0. The first kappa shape index (κ1) is 75.3. The summed E-state index contributed by atoms with van der Waals surface area (Å²) in [5, 5.41) is 18.8. The number of amides is 6. The van der Waals surface area contributed by atoms with Crippen LogP contribution in [0, 0.1) is 33.7 Å². The van der Waals surface area contributed by atoms with Crippen molar-refractivity contribution in [1.82, 2.24) is 15.0 Å². The van der Waals surface area contributed by atoms with Crippen LogP contribution in [0.5, 0.6) is 69.0 Å². The van der Waals surface area contributed by atoms with E-state index < -0.39 is 51.4 Å². The van der Waals surface area contributed by atoms with Gasteiger partial charge in [0.25, 0.3) is 0 Å². The smallest absolute Gasteiger partial charge is 0.240 e. The highest BCUT2D eigenvalue weighted by Crippen LogP contribution is 2.51. The lowest BCUT2D eigenvalue weighted by atomic mass is 10.0. The van der Waals surface area contributed by atoms with E-state index in [0.717, 1.165) is 16.2 Å². The number of aromatic nitrogens is 3. The van der Waals surface area contributed by atoms with Crippen LogP contribution in [0.25, 0.3) is 32.7 Å². The van der Waals surface area contributed by atoms with Crippen molar-refractivity contribution >= 4 is 102 Å². The second kappa shape index (κ2) is 32.6. The summed E-state index contributed by atoms with van der Waals surface area (Å²) in [6, 6.07) is 52.8. The molecular weight excluding hydrogens is 1430 g/mol. The number of carbonyl (C=O) groups is 6. The Hall–Kier alpha value is -14.0. The molecule has 6 N–H and O–H groups in total. The number of nitrogens with zero attached hydrogens (tertiary/aromatic N) is 3. The van der Waals surface area contributed by atoms with E-state index in [1.807, 2.05) is 0 Å². The van der Waals surface area contributed by atoms with Gasteiger partial charge in [0.2, 0.25) is 35.4 Å². The summed E-state index contributed by atoms with van der Waals surface area (Å²) in [6.07, 6.45) is 7.57. The zero-order chi connectivity index (χ0) is 78.0. The van der Waals surface area contributed by atoms with Crippen molar-refractivity contribution in [3.05, 3.63) is 236 Å². The second-order valence-electron chi connectivity index (χ2n) is 26.0. The molecule has 0 saturated heterocycles. The molecule has 0 aliphatic heterocycles. The molecule has 6 amide bonds. The molecule has 27 heteroatoms. The first-order valence-electron chi connectivity index (χ1n) is 34.8. The molecule has 0 radical (unpaired) electrons. The molecule has 0 unspecified atom stereocenters. The maximum atomic E-state index is 13.1. The normalized spacial score (nSPS) is 13.5. The summed E-state index contributed by atoms with van der Waals surface area (Å²) in [5.41, 5.74) is 1.55. The number of ether oxygens (including phenoxy) is 9. The van der Waals surface area contributed by atoms with Gasteiger partial charge in [-0.05, 0) is 221 Å². The average Bonchev–Trinajstić information content (AvgIpc) is 1.62. The van der Waals surface area contributed by atoms with Crippen LogP contribution in [0.3, 0.4) is 0 Å². The Kier molecular flexibility index (Phi) is 22.1. The summed E-state index contributed by atoms with van der Waals surface area (Å²) in [6.45, 7) is 0. The van der Waals surface area contributed by atoms with Crippen LogP contribution in [0.15, 0.2) is 219 Å². The van der Waals surface area contributed by atoms with Gasteiger partial charge in [0, 0.05) is 87.1 Å². The molecule has 15 rings (SSSR count). The zero-order valence-corrected chi connectivity index (χ0v) is 60.6. The Morgan fingerprint density at radius 3 is 0.649 bits per heavy atom. The first-order chi connectivity index (χ1) is 53.7. The van der Waals surface area contributed by atoms with Crippen LogP contribution in [0.2, 0.25) is 0 Å². The quantitative estimate of drug-likeness (QED) is 0.0306. The van der Waals surface area contributed by atoms with E-state index in [2.05, 4.69) is 46.9 Å². The Bertz CT molecular complexity index is 4940. The minimum Gasteiger partial charge on any atom is -0.493 e. The van der Waals surface area contributed by atoms with E-state index in [0.29, 0.717) is 158 Å². The minimum atomic E-state index is -1.14. The molecule has 3 aliphatic rings. The van der Waals surface area contributed by atoms with Crippen LogP contribution in [-0.2, 0) is 28.8 Å². The SMILES string of the molecule is COc1cc2nccc(Oc3ccc(NC(=O)C4(C(=O)Nc5ccc(F)cc5)CC4)cc3)c2cc1OC.COc1cc2nccc(Oc3ccc(NC(=O)C4(C(=O)Nc5ccc(F)cc5)CC4)cc3)c2cc1OC.COc1cc2nccc(Oc3ccc(NC(=O)C4(C(=O)Nc5ccc(F)cc5)CC4)cc3)c2cc1OC. The van der Waals surface area contributed by atoms with Gasteiger partial charge >= 0.3 is 0 Å². The summed E-state index contributed by atoms with van der Waals surface area (Å²) >= 11 is 0. The number of fused-ring (bicyclic) bond motifs is 3. The van der Waals surface area contributed by atoms with Crippen LogP contribution in [0.4, 0.5) is 47.3 Å². The Labute approximate surface area is 633 Å². The maximum Gasteiger partial charge on any atom is 0.240 e. The van der Waals surface area contributed by atoms with Gasteiger partial charge < -0.3 is 74.5 Å². The topological polar surface area (TPSA) is 296 Å². The monoisotopic (exact) mass is 1500 g/mol. The van der Waals surface area contributed by atoms with Gasteiger partial charge in [-0.25, -0.2) is 13.2 Å². The molecule has 9 aromatic carbocycles. The average molecular weight is 1500 g/mol. The van der Waals surface area contributed by atoms with Gasteiger partial charge in [0.15, 0.2) is 34.5 Å². The van der Waals surface area contributed by atoms with E-state index in [-0.39, 0.29) is 17.7 Å². The summed E-state index contributed by atoms with van der Waals surface area (Å²) in [5.74, 6) is 3.19. The van der Waals surface area contributed by atoms with Crippen molar-refractivity contribution in [2.45, 2.75) is 38.5 Å². The van der Waals surface area contributed by atoms with E-state index in [1.54, 1.807) is 189 Å². The van der Waals surface area contributed by atoms with Gasteiger partial charge in [-0.2, -0.15) is 0 Å². The number of benzene rings is 9. The number of methoxy groups -OCH3 is 6. The second-order valence-corrected chi connectivity index (χ2v) is 26.0. The van der Waals surface area contributed by atoms with E-state index in [4.69, 9.17) is 42.6 Å². The van der Waals surface area contributed by atoms with Gasteiger partial charge in [0.1, 0.15) is 68.2 Å². The van der Waals surface area contributed by atoms with Crippen molar-refractivity contribution < 1.29 is 84.6 Å². The van der Waals surface area contributed by atoms with Crippen LogP contribution < -0.4 is 74.5 Å². The van der Waals surface area contributed by atoms with Gasteiger partial charge in [-0.15, -0.1) is 0 Å². The van der Waals surface area contributed by atoms with Crippen LogP contribution in [0.1, 0.15) is 38.5 Å². The fourth-order valence-electron chi connectivity index (χ4n) is 12.0. The Morgan fingerprint density at radius 2 is 0.459 bits per heavy atom. The van der Waals surface area contributed by atoms with Crippen LogP contribution >= 0.6 is 0 Å². The Morgan fingerprint density at radius 1 is 0.270 bits per heavy atom. The highest BCUT2D eigenvalue weighted by Gasteiger charge is 2.58. The molecule has 0 atom stereocenters. The fraction of sp³-hybridized carbons (Fsp3) is 0.179. The van der Waals surface area contributed by atoms with Crippen LogP contribution in [-0.4, -0.2) is 93.1 Å². The third-order valence-electron chi connectivity index (χ3n) is 18.8. The molecule has 0 bridgehead atoms. The predicted molar refractivity (Wildman–Crippen MR) is 410 cm³/mol. The molecule has 3 heterocycles. The number of anilines is 6. The predicted octanol–water partition coefficient (Wildman–Crippen LogP) is 16.6. The minimum absolute atomic E-state index is 0.387. The number of nitrogens with one attached hydrogen (secondary N) is 6.